The van der Waals surface area contributed by atoms with Crippen LogP contribution in [0.3, 0.4) is 0 Å². The van der Waals surface area contributed by atoms with Crippen LogP contribution in [0.15, 0.2) is 48.7 Å². The number of rotatable bonds is 4. The number of nitrogens with two attached hydrogens (primary N) is 1. The number of benzene rings is 1. The third-order valence-electron chi connectivity index (χ3n) is 3.08. The van der Waals surface area contributed by atoms with E-state index in [1.165, 1.54) is 5.56 Å². The van der Waals surface area contributed by atoms with Gasteiger partial charge in [-0.2, -0.15) is 0 Å². The van der Waals surface area contributed by atoms with Gasteiger partial charge in [0, 0.05) is 23.9 Å². The Morgan fingerprint density at radius 3 is 2.44 bits per heavy atom. The number of hydrogen-bond donors (Lipinski definition) is 1. The molecule has 1 aromatic heterocycles. The van der Waals surface area contributed by atoms with E-state index in [4.69, 9.17) is 17.3 Å². The van der Waals surface area contributed by atoms with Crippen molar-refractivity contribution < 1.29 is 0 Å². The van der Waals surface area contributed by atoms with Gasteiger partial charge in [-0.1, -0.05) is 41.9 Å². The maximum Gasteiger partial charge on any atom is 0.0589 e. The van der Waals surface area contributed by atoms with E-state index >= 15 is 0 Å². The number of aromatic nitrogens is 1. The summed E-state index contributed by atoms with van der Waals surface area (Å²) in [4.78, 5) is 4.34. The lowest BCUT2D eigenvalue weighted by Crippen LogP contribution is -2.26. The van der Waals surface area contributed by atoms with Crippen molar-refractivity contribution in [2.24, 2.45) is 5.73 Å². The average Bonchev–Trinajstić information content (AvgIpc) is 2.38. The molecule has 94 valence electrons. The molecule has 0 aliphatic carbocycles. The molecule has 0 aliphatic rings. The predicted octanol–water partition coefficient (Wildman–Crippen LogP) is 3.41. The molecule has 2 atom stereocenters. The Morgan fingerprint density at radius 1 is 1.17 bits per heavy atom. The molecule has 0 saturated heterocycles. The Balaban J connectivity index is 2.19. The minimum atomic E-state index is 0.0879. The summed E-state index contributed by atoms with van der Waals surface area (Å²) in [5, 5.41) is 0.663. The second-order valence-electron chi connectivity index (χ2n) is 4.55. The van der Waals surface area contributed by atoms with Crippen molar-refractivity contribution in [3.05, 3.63) is 64.9 Å². The summed E-state index contributed by atoms with van der Waals surface area (Å²) < 4.78 is 0. The van der Waals surface area contributed by atoms with Gasteiger partial charge in [-0.3, -0.25) is 4.98 Å². The zero-order chi connectivity index (χ0) is 13.0. The Morgan fingerprint density at radius 2 is 1.89 bits per heavy atom. The van der Waals surface area contributed by atoms with E-state index in [0.29, 0.717) is 5.02 Å². The average molecular weight is 261 g/mol. The van der Waals surface area contributed by atoms with Crippen molar-refractivity contribution in [3.63, 3.8) is 0 Å². The minimum Gasteiger partial charge on any atom is -0.327 e. The topological polar surface area (TPSA) is 38.9 Å². The van der Waals surface area contributed by atoms with Crippen LogP contribution in [0.2, 0.25) is 5.02 Å². The summed E-state index contributed by atoms with van der Waals surface area (Å²) in [5.74, 6) is 0.278. The Kier molecular flexibility index (Phi) is 4.34. The second-order valence-corrected chi connectivity index (χ2v) is 4.98. The van der Waals surface area contributed by atoms with Crippen LogP contribution in [-0.2, 0) is 6.42 Å². The van der Waals surface area contributed by atoms with Crippen LogP contribution in [0.25, 0.3) is 0 Å². The third-order valence-corrected chi connectivity index (χ3v) is 3.30. The third kappa shape index (κ3) is 3.31. The molecule has 0 radical (unpaired) electrons. The van der Waals surface area contributed by atoms with E-state index in [-0.39, 0.29) is 12.0 Å². The lowest BCUT2D eigenvalue weighted by molar-refractivity contribution is 0.559. The van der Waals surface area contributed by atoms with Gasteiger partial charge in [-0.05, 0) is 31.0 Å². The van der Waals surface area contributed by atoms with Crippen LogP contribution < -0.4 is 5.73 Å². The number of pyridine rings is 1. The highest BCUT2D eigenvalue weighted by molar-refractivity contribution is 6.30. The van der Waals surface area contributed by atoms with E-state index in [9.17, 15) is 0 Å². The van der Waals surface area contributed by atoms with E-state index in [2.05, 4.69) is 17.1 Å². The fraction of sp³-hybridized carbons (Fsp3) is 0.267. The van der Waals surface area contributed by atoms with Gasteiger partial charge in [-0.15, -0.1) is 0 Å². The van der Waals surface area contributed by atoms with E-state index in [1.807, 2.05) is 37.3 Å². The molecule has 2 nitrogen and oxygen atoms in total. The molecular formula is C15H17ClN2. The molecular weight excluding hydrogens is 244 g/mol. The van der Waals surface area contributed by atoms with Crippen molar-refractivity contribution in [2.45, 2.75) is 25.3 Å². The van der Waals surface area contributed by atoms with Crippen LogP contribution in [0.1, 0.15) is 24.1 Å². The molecule has 0 aliphatic heterocycles. The molecule has 0 bridgehead atoms. The lowest BCUT2D eigenvalue weighted by atomic mass is 9.88. The maximum atomic E-state index is 6.09. The van der Waals surface area contributed by atoms with Gasteiger partial charge >= 0.3 is 0 Å². The molecule has 1 aromatic carbocycles. The Hall–Kier alpha value is -1.38. The number of halogens is 1. The van der Waals surface area contributed by atoms with Crippen molar-refractivity contribution in [2.75, 3.05) is 0 Å². The first kappa shape index (κ1) is 13.1. The van der Waals surface area contributed by atoms with Crippen molar-refractivity contribution in [3.8, 4) is 0 Å². The summed E-state index contributed by atoms with van der Waals surface area (Å²) in [6.45, 7) is 2.04. The lowest BCUT2D eigenvalue weighted by Gasteiger charge is -2.21. The van der Waals surface area contributed by atoms with Gasteiger partial charge in [0.05, 0.1) is 5.02 Å². The first-order valence-electron chi connectivity index (χ1n) is 6.08. The van der Waals surface area contributed by atoms with Gasteiger partial charge in [0.25, 0.3) is 0 Å². The molecule has 0 saturated carbocycles. The quantitative estimate of drug-likeness (QED) is 0.915. The van der Waals surface area contributed by atoms with Gasteiger partial charge in [0.15, 0.2) is 0 Å². The minimum absolute atomic E-state index is 0.0879. The number of nitrogens with zero attached hydrogens (tertiary/aromatic N) is 1. The summed E-state index contributed by atoms with van der Waals surface area (Å²) in [6.07, 6.45) is 2.51. The Labute approximate surface area is 113 Å². The smallest absolute Gasteiger partial charge is 0.0589 e. The largest absolute Gasteiger partial charge is 0.327 e. The molecule has 0 fully saturated rings. The van der Waals surface area contributed by atoms with Crippen molar-refractivity contribution >= 4 is 11.6 Å². The van der Waals surface area contributed by atoms with E-state index < -0.39 is 0 Å². The maximum absolute atomic E-state index is 6.09. The first-order chi connectivity index (χ1) is 8.66. The molecule has 3 heteroatoms. The van der Waals surface area contributed by atoms with Gasteiger partial charge in [0.1, 0.15) is 0 Å². The highest BCUT2D eigenvalue weighted by Crippen LogP contribution is 2.23. The highest BCUT2D eigenvalue weighted by atomic mass is 35.5. The summed E-state index contributed by atoms with van der Waals surface area (Å²) in [5.41, 5.74) is 8.37. The van der Waals surface area contributed by atoms with E-state index in [1.54, 1.807) is 6.20 Å². The fourth-order valence-electron chi connectivity index (χ4n) is 2.06. The first-order valence-corrected chi connectivity index (χ1v) is 6.45. The molecule has 1 heterocycles. The summed E-state index contributed by atoms with van der Waals surface area (Å²) >= 11 is 5.84. The normalized spacial score (nSPS) is 14.2. The monoisotopic (exact) mass is 260 g/mol. The Bertz CT molecular complexity index is 480. The van der Waals surface area contributed by atoms with Crippen molar-refractivity contribution in [1.29, 1.82) is 0 Å². The predicted molar refractivity (Wildman–Crippen MR) is 75.8 cm³/mol. The SMILES string of the molecule is C[C@H](N)[C@@H](Cc1ccc(Cl)cn1)c1ccccc1. The van der Waals surface area contributed by atoms with E-state index in [0.717, 1.165) is 12.1 Å². The van der Waals surface area contributed by atoms with Gasteiger partial charge < -0.3 is 5.73 Å². The highest BCUT2D eigenvalue weighted by Gasteiger charge is 2.17. The molecule has 2 aromatic rings. The zero-order valence-electron chi connectivity index (χ0n) is 10.4. The van der Waals surface area contributed by atoms with Crippen LogP contribution in [0.4, 0.5) is 0 Å². The summed E-state index contributed by atoms with van der Waals surface area (Å²) in [6, 6.07) is 14.2. The summed E-state index contributed by atoms with van der Waals surface area (Å²) in [7, 11) is 0. The van der Waals surface area contributed by atoms with Gasteiger partial charge in [-0.25, -0.2) is 0 Å². The number of hydrogen-bond acceptors (Lipinski definition) is 2. The fourth-order valence-corrected chi connectivity index (χ4v) is 2.17. The second kappa shape index (κ2) is 5.98. The van der Waals surface area contributed by atoms with Crippen LogP contribution in [0.5, 0.6) is 0 Å². The van der Waals surface area contributed by atoms with Crippen LogP contribution >= 0.6 is 11.6 Å². The molecule has 2 rings (SSSR count). The molecule has 0 spiro atoms. The molecule has 0 unspecified atom stereocenters. The standard InChI is InChI=1S/C15H17ClN2/c1-11(17)15(12-5-3-2-4-6-12)9-14-8-7-13(16)10-18-14/h2-8,10-11,15H,9,17H2,1H3/t11-,15+/m0/s1. The van der Waals surface area contributed by atoms with Crippen LogP contribution in [0, 0.1) is 0 Å². The zero-order valence-corrected chi connectivity index (χ0v) is 11.1. The molecule has 18 heavy (non-hydrogen) atoms. The molecule has 2 N–H and O–H groups in total. The van der Waals surface area contributed by atoms with Crippen molar-refractivity contribution in [1.82, 2.24) is 4.98 Å². The van der Waals surface area contributed by atoms with Gasteiger partial charge in [0.2, 0.25) is 0 Å². The molecule has 0 amide bonds. The van der Waals surface area contributed by atoms with Crippen LogP contribution in [-0.4, -0.2) is 11.0 Å².